The molecule has 2 aromatic heterocycles. The lowest BCUT2D eigenvalue weighted by Gasteiger charge is -2.10. The zero-order chi connectivity index (χ0) is 23.6. The SMILES string of the molecule is CCc1ccc(-c2noc3c(=O)n(CCC(=O)Nc4cccc(C(F)(F)F)c4)cnc23)cc1. The Hall–Kier alpha value is -3.95. The molecule has 0 spiro atoms. The number of aryl methyl sites for hydroxylation is 2. The van der Waals surface area contributed by atoms with Crippen LogP contribution in [-0.2, 0) is 23.9 Å². The largest absolute Gasteiger partial charge is 0.416 e. The van der Waals surface area contributed by atoms with Crippen molar-refractivity contribution in [2.24, 2.45) is 0 Å². The maximum Gasteiger partial charge on any atom is 0.416 e. The quantitative estimate of drug-likeness (QED) is 0.456. The number of hydrogen-bond donors (Lipinski definition) is 1. The van der Waals surface area contributed by atoms with Gasteiger partial charge in [0, 0.05) is 24.2 Å². The molecule has 0 atom stereocenters. The number of amides is 1. The first-order valence-corrected chi connectivity index (χ1v) is 10.2. The summed E-state index contributed by atoms with van der Waals surface area (Å²) in [4.78, 5) is 29.2. The minimum Gasteiger partial charge on any atom is -0.348 e. The summed E-state index contributed by atoms with van der Waals surface area (Å²) in [6.07, 6.45) is -2.47. The monoisotopic (exact) mass is 456 g/mol. The fourth-order valence-corrected chi connectivity index (χ4v) is 3.32. The predicted molar refractivity (Wildman–Crippen MR) is 116 cm³/mol. The van der Waals surface area contributed by atoms with Gasteiger partial charge in [-0.2, -0.15) is 13.2 Å². The molecule has 0 fully saturated rings. The Bertz CT molecular complexity index is 1360. The third kappa shape index (κ3) is 4.79. The molecule has 0 radical (unpaired) electrons. The molecule has 33 heavy (non-hydrogen) atoms. The van der Waals surface area contributed by atoms with Gasteiger partial charge in [-0.25, -0.2) is 4.98 Å². The zero-order valence-electron chi connectivity index (χ0n) is 17.5. The van der Waals surface area contributed by atoms with Gasteiger partial charge in [0.25, 0.3) is 11.1 Å². The highest BCUT2D eigenvalue weighted by Crippen LogP contribution is 2.30. The second kappa shape index (κ2) is 8.89. The molecule has 2 heterocycles. The number of benzene rings is 2. The van der Waals surface area contributed by atoms with Crippen LogP contribution in [0.1, 0.15) is 24.5 Å². The number of anilines is 1. The van der Waals surface area contributed by atoms with Gasteiger partial charge >= 0.3 is 6.18 Å². The van der Waals surface area contributed by atoms with Crippen molar-refractivity contribution in [3.05, 3.63) is 76.3 Å². The molecular weight excluding hydrogens is 437 g/mol. The number of nitrogens with zero attached hydrogens (tertiary/aromatic N) is 3. The summed E-state index contributed by atoms with van der Waals surface area (Å²) in [5.41, 5.74) is 1.29. The van der Waals surface area contributed by atoms with Crippen molar-refractivity contribution in [2.75, 3.05) is 5.32 Å². The summed E-state index contributed by atoms with van der Waals surface area (Å²) in [6, 6.07) is 12.0. The Kier molecular flexibility index (Phi) is 5.99. The molecule has 1 amide bonds. The van der Waals surface area contributed by atoms with Gasteiger partial charge < -0.3 is 9.84 Å². The van der Waals surface area contributed by atoms with Crippen molar-refractivity contribution >= 4 is 22.7 Å². The van der Waals surface area contributed by atoms with Crippen LogP contribution < -0.4 is 10.9 Å². The Morgan fingerprint density at radius 1 is 1.15 bits per heavy atom. The summed E-state index contributed by atoms with van der Waals surface area (Å²) in [6.45, 7) is 2.01. The molecule has 170 valence electrons. The van der Waals surface area contributed by atoms with Crippen LogP contribution in [0.2, 0.25) is 0 Å². The van der Waals surface area contributed by atoms with Gasteiger partial charge in [0.15, 0.2) is 0 Å². The highest BCUT2D eigenvalue weighted by Gasteiger charge is 2.30. The maximum absolute atomic E-state index is 12.8. The van der Waals surface area contributed by atoms with Gasteiger partial charge in [0.2, 0.25) is 5.91 Å². The number of fused-ring (bicyclic) bond motifs is 1. The third-order valence-electron chi connectivity index (χ3n) is 5.14. The van der Waals surface area contributed by atoms with Crippen LogP contribution in [-0.4, -0.2) is 20.6 Å². The molecule has 0 unspecified atom stereocenters. The summed E-state index contributed by atoms with van der Waals surface area (Å²) >= 11 is 0. The number of rotatable bonds is 6. The highest BCUT2D eigenvalue weighted by molar-refractivity contribution is 5.91. The first-order chi connectivity index (χ1) is 15.8. The van der Waals surface area contributed by atoms with E-state index in [-0.39, 0.29) is 24.2 Å². The van der Waals surface area contributed by atoms with Crippen LogP contribution in [0.4, 0.5) is 18.9 Å². The van der Waals surface area contributed by atoms with Gasteiger partial charge in [-0.05, 0) is 30.2 Å². The summed E-state index contributed by atoms with van der Waals surface area (Å²) in [7, 11) is 0. The second-order valence-corrected chi connectivity index (χ2v) is 7.38. The number of nitrogens with one attached hydrogen (secondary N) is 1. The van der Waals surface area contributed by atoms with E-state index in [0.717, 1.165) is 29.7 Å². The molecule has 4 aromatic rings. The molecular formula is C23H19F3N4O3. The molecule has 4 rings (SSSR count). The van der Waals surface area contributed by atoms with E-state index in [2.05, 4.69) is 15.5 Å². The van der Waals surface area contributed by atoms with E-state index < -0.39 is 23.2 Å². The van der Waals surface area contributed by atoms with E-state index in [0.29, 0.717) is 11.2 Å². The first kappa shape index (κ1) is 22.3. The van der Waals surface area contributed by atoms with Gasteiger partial charge in [-0.15, -0.1) is 0 Å². The van der Waals surface area contributed by atoms with Gasteiger partial charge in [-0.1, -0.05) is 42.4 Å². The lowest BCUT2D eigenvalue weighted by Crippen LogP contribution is -2.23. The molecule has 7 nitrogen and oxygen atoms in total. The van der Waals surface area contributed by atoms with Crippen molar-refractivity contribution in [3.8, 4) is 11.3 Å². The van der Waals surface area contributed by atoms with E-state index in [1.54, 1.807) is 0 Å². The lowest BCUT2D eigenvalue weighted by atomic mass is 10.1. The molecule has 0 aliphatic heterocycles. The second-order valence-electron chi connectivity index (χ2n) is 7.38. The molecule has 0 saturated heterocycles. The summed E-state index contributed by atoms with van der Waals surface area (Å²) in [5, 5.41) is 6.39. The highest BCUT2D eigenvalue weighted by atomic mass is 19.4. The zero-order valence-corrected chi connectivity index (χ0v) is 17.5. The van der Waals surface area contributed by atoms with E-state index in [1.807, 2.05) is 31.2 Å². The van der Waals surface area contributed by atoms with Crippen LogP contribution >= 0.6 is 0 Å². The third-order valence-corrected chi connectivity index (χ3v) is 5.14. The smallest absolute Gasteiger partial charge is 0.348 e. The van der Waals surface area contributed by atoms with Crippen molar-refractivity contribution in [2.45, 2.75) is 32.5 Å². The lowest BCUT2D eigenvalue weighted by molar-refractivity contribution is -0.137. The van der Waals surface area contributed by atoms with E-state index in [9.17, 15) is 22.8 Å². The Morgan fingerprint density at radius 3 is 2.61 bits per heavy atom. The number of aromatic nitrogens is 3. The standard InChI is InChI=1S/C23H19F3N4O3/c1-2-14-6-8-15(9-7-14)19-20-21(33-29-19)22(32)30(13-27-20)11-10-18(31)28-17-5-3-4-16(12-17)23(24,25)26/h3-9,12-13H,2,10-11H2,1H3,(H,28,31). The fourth-order valence-electron chi connectivity index (χ4n) is 3.32. The molecule has 1 N–H and O–H groups in total. The van der Waals surface area contributed by atoms with Crippen LogP contribution in [0, 0.1) is 0 Å². The van der Waals surface area contributed by atoms with Gasteiger partial charge in [-0.3, -0.25) is 14.2 Å². The number of halogens is 3. The number of carbonyl (C=O) groups excluding carboxylic acids is 1. The van der Waals surface area contributed by atoms with E-state index >= 15 is 0 Å². The molecule has 2 aromatic carbocycles. The Labute approximate surface area is 185 Å². The van der Waals surface area contributed by atoms with E-state index in [1.165, 1.54) is 23.0 Å². The van der Waals surface area contributed by atoms with Gasteiger partial charge in [0.05, 0.1) is 11.9 Å². The van der Waals surface area contributed by atoms with Crippen molar-refractivity contribution in [1.82, 2.24) is 14.7 Å². The normalized spacial score (nSPS) is 11.6. The summed E-state index contributed by atoms with van der Waals surface area (Å²) in [5.74, 6) is -0.546. The van der Waals surface area contributed by atoms with E-state index in [4.69, 9.17) is 4.52 Å². The maximum atomic E-state index is 12.8. The molecule has 10 heteroatoms. The average Bonchev–Trinajstić information content (AvgIpc) is 3.23. The van der Waals surface area contributed by atoms with Crippen LogP contribution in [0.3, 0.4) is 0 Å². The number of alkyl halides is 3. The first-order valence-electron chi connectivity index (χ1n) is 10.2. The number of carbonyl (C=O) groups is 1. The Morgan fingerprint density at radius 2 is 1.91 bits per heavy atom. The van der Waals surface area contributed by atoms with Crippen molar-refractivity contribution in [1.29, 1.82) is 0 Å². The fraction of sp³-hybridized carbons (Fsp3) is 0.217. The minimum atomic E-state index is -4.51. The van der Waals surface area contributed by atoms with Crippen LogP contribution in [0.15, 0.2) is 64.2 Å². The van der Waals surface area contributed by atoms with Gasteiger partial charge in [0.1, 0.15) is 11.2 Å². The Balaban J connectivity index is 1.48. The van der Waals surface area contributed by atoms with Crippen LogP contribution in [0.25, 0.3) is 22.4 Å². The van der Waals surface area contributed by atoms with Crippen molar-refractivity contribution < 1.29 is 22.5 Å². The molecule has 0 bridgehead atoms. The van der Waals surface area contributed by atoms with Crippen molar-refractivity contribution in [3.63, 3.8) is 0 Å². The molecule has 0 saturated carbocycles. The predicted octanol–water partition coefficient (Wildman–Crippen LogP) is 4.66. The van der Waals surface area contributed by atoms with Crippen LogP contribution in [0.5, 0.6) is 0 Å². The molecule has 0 aliphatic carbocycles. The topological polar surface area (TPSA) is 90.0 Å². The average molecular weight is 456 g/mol. The molecule has 0 aliphatic rings. The number of hydrogen-bond acceptors (Lipinski definition) is 5. The summed E-state index contributed by atoms with van der Waals surface area (Å²) < 4.78 is 44.9. The minimum absolute atomic E-state index is 0.0183.